The van der Waals surface area contributed by atoms with Gasteiger partial charge in [0.15, 0.2) is 0 Å². The van der Waals surface area contributed by atoms with Crippen LogP contribution < -0.4 is 5.32 Å². The van der Waals surface area contributed by atoms with Crippen LogP contribution in [0.3, 0.4) is 0 Å². The molecule has 1 N–H and O–H groups in total. The van der Waals surface area contributed by atoms with Crippen molar-refractivity contribution in [2.24, 2.45) is 4.99 Å². The molecule has 4 nitrogen and oxygen atoms in total. The summed E-state index contributed by atoms with van der Waals surface area (Å²) in [5.74, 6) is 1.04. The summed E-state index contributed by atoms with van der Waals surface area (Å²) in [4.78, 5) is 5.29. The van der Waals surface area contributed by atoms with Gasteiger partial charge in [0.1, 0.15) is 11.9 Å². The Morgan fingerprint density at radius 1 is 0.479 bits per heavy atom. The summed E-state index contributed by atoms with van der Waals surface area (Å²) >= 11 is 0. The van der Waals surface area contributed by atoms with Crippen LogP contribution in [0.4, 0.5) is 11.4 Å². The van der Waals surface area contributed by atoms with E-state index in [-0.39, 0.29) is 6.04 Å². The van der Waals surface area contributed by atoms with E-state index in [0.717, 1.165) is 17.2 Å². The van der Waals surface area contributed by atoms with Crippen molar-refractivity contribution < 1.29 is 0 Å². The first-order chi connectivity index (χ1) is 23.8. The lowest BCUT2D eigenvalue weighted by Crippen LogP contribution is -2.24. The molecule has 0 aliphatic carbocycles. The molecule has 2 aromatic heterocycles. The zero-order valence-electron chi connectivity index (χ0n) is 25.9. The topological polar surface area (TPSA) is 34.2 Å². The molecular formula is C44H28N4. The van der Waals surface area contributed by atoms with Gasteiger partial charge in [0.2, 0.25) is 0 Å². The standard InChI is InChI=1S/C44H28N4/c1-3-11-27(12-4-1)31-21-22-33-35-26-29(20-24-40(35)48-43(33)41(31)42-44(48)46-37-17-9-8-16-36(37)45-42)28-19-23-39-34(25-28)32-15-7-10-18-38(32)47(39)30-13-5-2-6-14-30/h1-26,42,45H. The van der Waals surface area contributed by atoms with Crippen LogP contribution in [-0.4, -0.2) is 15.0 Å². The quantitative estimate of drug-likeness (QED) is 0.212. The number of hydrogen-bond acceptors (Lipinski definition) is 2. The van der Waals surface area contributed by atoms with E-state index >= 15 is 0 Å². The van der Waals surface area contributed by atoms with Gasteiger partial charge >= 0.3 is 0 Å². The minimum atomic E-state index is -0.0257. The van der Waals surface area contributed by atoms with Crippen molar-refractivity contribution in [3.8, 4) is 27.9 Å². The summed E-state index contributed by atoms with van der Waals surface area (Å²) in [6.07, 6.45) is 0. The largest absolute Gasteiger partial charge is 0.370 e. The number of hydrogen-bond donors (Lipinski definition) is 1. The molecule has 7 aromatic carbocycles. The van der Waals surface area contributed by atoms with Crippen molar-refractivity contribution in [3.63, 3.8) is 0 Å². The van der Waals surface area contributed by atoms with E-state index in [1.165, 1.54) is 77.1 Å². The molecule has 0 saturated heterocycles. The Kier molecular flexibility index (Phi) is 5.13. The fourth-order valence-corrected chi connectivity index (χ4v) is 8.20. The molecule has 48 heavy (non-hydrogen) atoms. The van der Waals surface area contributed by atoms with E-state index in [1.807, 2.05) is 0 Å². The van der Waals surface area contributed by atoms with Crippen molar-refractivity contribution in [2.75, 3.05) is 5.32 Å². The lowest BCUT2D eigenvalue weighted by atomic mass is 9.92. The number of aliphatic imine (C=N–C) groups is 1. The molecule has 2 aliphatic heterocycles. The van der Waals surface area contributed by atoms with Gasteiger partial charge in [-0.05, 0) is 76.9 Å². The summed E-state index contributed by atoms with van der Waals surface area (Å²) in [7, 11) is 0. The average Bonchev–Trinajstić information content (AvgIpc) is 3.78. The summed E-state index contributed by atoms with van der Waals surface area (Å²) in [5.41, 5.74) is 14.3. The highest BCUT2D eigenvalue weighted by molar-refractivity contribution is 6.23. The van der Waals surface area contributed by atoms with Crippen LogP contribution in [-0.2, 0) is 0 Å². The Morgan fingerprint density at radius 3 is 1.94 bits per heavy atom. The van der Waals surface area contributed by atoms with E-state index < -0.39 is 0 Å². The predicted octanol–water partition coefficient (Wildman–Crippen LogP) is 11.3. The highest BCUT2D eigenvalue weighted by atomic mass is 15.2. The average molecular weight is 613 g/mol. The summed E-state index contributed by atoms with van der Waals surface area (Å²) in [6, 6.07) is 56.9. The third kappa shape index (κ3) is 3.46. The fraction of sp³-hybridized carbons (Fsp3) is 0.0227. The Labute approximate surface area is 276 Å². The number of benzene rings is 7. The third-order valence-corrected chi connectivity index (χ3v) is 10.3. The highest BCUT2D eigenvalue weighted by Gasteiger charge is 2.38. The van der Waals surface area contributed by atoms with Gasteiger partial charge in [-0.1, -0.05) is 103 Å². The minimum absolute atomic E-state index is 0.0257. The SMILES string of the molecule is c1ccc(-c2ccc3c4cc(-c5ccc6c(c5)c5ccccc5n6-c5ccccc5)ccc4n4c3c2C2Nc3ccccc3N=C24)cc1. The van der Waals surface area contributed by atoms with Gasteiger partial charge in [-0.15, -0.1) is 0 Å². The Balaban J connectivity index is 1.14. The smallest absolute Gasteiger partial charge is 0.141 e. The van der Waals surface area contributed by atoms with Crippen LogP contribution in [0.2, 0.25) is 0 Å². The van der Waals surface area contributed by atoms with Gasteiger partial charge in [-0.25, -0.2) is 4.99 Å². The van der Waals surface area contributed by atoms with E-state index in [9.17, 15) is 0 Å². The van der Waals surface area contributed by atoms with Gasteiger partial charge in [0, 0.05) is 32.8 Å². The van der Waals surface area contributed by atoms with Crippen LogP contribution in [0.15, 0.2) is 163 Å². The van der Waals surface area contributed by atoms with Crippen molar-refractivity contribution >= 4 is 60.8 Å². The number of nitrogens with one attached hydrogen (secondary N) is 1. The first kappa shape index (κ1) is 25.8. The molecule has 2 aliphatic rings. The molecule has 224 valence electrons. The number of fused-ring (bicyclic) bond motifs is 10. The lowest BCUT2D eigenvalue weighted by Gasteiger charge is -2.25. The maximum Gasteiger partial charge on any atom is 0.141 e. The predicted molar refractivity (Wildman–Crippen MR) is 200 cm³/mol. The molecule has 9 aromatic rings. The molecule has 0 fully saturated rings. The second kappa shape index (κ2) is 9.57. The fourth-order valence-electron chi connectivity index (χ4n) is 8.20. The molecule has 1 unspecified atom stereocenters. The van der Waals surface area contributed by atoms with E-state index in [1.54, 1.807) is 0 Å². The minimum Gasteiger partial charge on any atom is -0.370 e. The van der Waals surface area contributed by atoms with Crippen molar-refractivity contribution in [1.29, 1.82) is 0 Å². The van der Waals surface area contributed by atoms with Crippen molar-refractivity contribution in [2.45, 2.75) is 6.04 Å². The van der Waals surface area contributed by atoms with E-state index in [4.69, 9.17) is 4.99 Å². The molecule has 0 saturated carbocycles. The molecule has 4 heteroatoms. The maximum atomic E-state index is 5.29. The molecule has 0 radical (unpaired) electrons. The van der Waals surface area contributed by atoms with Gasteiger partial charge in [-0.2, -0.15) is 0 Å². The molecule has 0 bridgehead atoms. The molecular weight excluding hydrogens is 585 g/mol. The monoisotopic (exact) mass is 612 g/mol. The first-order valence-corrected chi connectivity index (χ1v) is 16.5. The lowest BCUT2D eigenvalue weighted by molar-refractivity contribution is 1.02. The Hall–Kier alpha value is -6.39. The number of rotatable bonds is 3. The molecule has 11 rings (SSSR count). The Bertz CT molecular complexity index is 2800. The number of nitrogens with zero attached hydrogens (tertiary/aromatic N) is 3. The molecule has 0 amide bonds. The summed E-state index contributed by atoms with van der Waals surface area (Å²) in [5, 5.41) is 8.88. The van der Waals surface area contributed by atoms with Gasteiger partial charge in [0.25, 0.3) is 0 Å². The second-order valence-corrected chi connectivity index (χ2v) is 12.8. The molecule has 4 heterocycles. The normalized spacial score (nSPS) is 14.8. The van der Waals surface area contributed by atoms with Crippen molar-refractivity contribution in [1.82, 2.24) is 9.13 Å². The molecule has 1 atom stereocenters. The van der Waals surface area contributed by atoms with Gasteiger partial charge < -0.3 is 9.88 Å². The van der Waals surface area contributed by atoms with E-state index in [0.29, 0.717) is 0 Å². The van der Waals surface area contributed by atoms with Crippen LogP contribution in [0.1, 0.15) is 11.6 Å². The van der Waals surface area contributed by atoms with Gasteiger partial charge in [-0.3, -0.25) is 4.57 Å². The third-order valence-electron chi connectivity index (χ3n) is 10.3. The summed E-state index contributed by atoms with van der Waals surface area (Å²) in [6.45, 7) is 0. The number of aromatic nitrogens is 2. The van der Waals surface area contributed by atoms with E-state index in [2.05, 4.69) is 172 Å². The summed E-state index contributed by atoms with van der Waals surface area (Å²) < 4.78 is 4.77. The zero-order chi connectivity index (χ0) is 31.3. The number of para-hydroxylation sites is 4. The van der Waals surface area contributed by atoms with Crippen LogP contribution in [0.5, 0.6) is 0 Å². The first-order valence-electron chi connectivity index (χ1n) is 16.5. The highest BCUT2D eigenvalue weighted by Crippen LogP contribution is 2.49. The second-order valence-electron chi connectivity index (χ2n) is 12.8. The number of anilines is 1. The van der Waals surface area contributed by atoms with Gasteiger partial charge in [0.05, 0.1) is 33.4 Å². The zero-order valence-corrected chi connectivity index (χ0v) is 25.9. The van der Waals surface area contributed by atoms with Crippen LogP contribution >= 0.6 is 0 Å². The molecule has 0 spiro atoms. The van der Waals surface area contributed by atoms with Crippen molar-refractivity contribution in [3.05, 3.63) is 163 Å². The van der Waals surface area contributed by atoms with Crippen LogP contribution in [0, 0.1) is 0 Å². The maximum absolute atomic E-state index is 5.29. The van der Waals surface area contributed by atoms with Crippen LogP contribution in [0.25, 0.3) is 71.6 Å². The Morgan fingerprint density at radius 2 is 1.12 bits per heavy atom.